The van der Waals surface area contributed by atoms with Gasteiger partial charge >= 0.3 is 5.97 Å². The van der Waals surface area contributed by atoms with E-state index in [0.717, 1.165) is 0 Å². The second-order valence-electron chi connectivity index (χ2n) is 3.76. The number of ether oxygens (including phenoxy) is 1. The lowest BCUT2D eigenvalue weighted by atomic mass is 9.97. The van der Waals surface area contributed by atoms with Gasteiger partial charge in [-0.05, 0) is 30.2 Å². The summed E-state index contributed by atoms with van der Waals surface area (Å²) in [5, 5.41) is 8.87. The Hall–Kier alpha value is -1.27. The third kappa shape index (κ3) is 2.53. The Labute approximate surface area is 102 Å². The number of hydrogen-bond donors (Lipinski definition) is 1. The average Bonchev–Trinajstić information content (AvgIpc) is 2.26. The van der Waals surface area contributed by atoms with E-state index < -0.39 is 20.9 Å². The highest BCUT2D eigenvalue weighted by Gasteiger charge is 2.26. The minimum absolute atomic E-state index is 0.0486. The topological polar surface area (TPSA) is 80.7 Å². The van der Waals surface area contributed by atoms with Crippen molar-refractivity contribution < 1.29 is 23.1 Å². The molecule has 1 heterocycles. The Morgan fingerprint density at radius 3 is 2.76 bits per heavy atom. The number of carbonyl (C=O) groups is 1. The summed E-state index contributed by atoms with van der Waals surface area (Å²) in [5.74, 6) is -1.11. The number of hydrogen-bond acceptors (Lipinski definition) is 4. The average molecular weight is 277 g/mol. The Morgan fingerprint density at radius 2 is 2.18 bits per heavy atom. The monoisotopic (exact) mass is 276 g/mol. The molecule has 1 aromatic rings. The first kappa shape index (κ1) is 12.2. The van der Waals surface area contributed by atoms with Crippen molar-refractivity contribution in [3.05, 3.63) is 23.8 Å². The number of aliphatic carboxylic acids is 1. The zero-order chi connectivity index (χ0) is 12.6. The molecule has 92 valence electrons. The van der Waals surface area contributed by atoms with Gasteiger partial charge in [0.2, 0.25) is 0 Å². The highest BCUT2D eigenvalue weighted by atomic mass is 35.7. The molecule has 1 aromatic carbocycles. The van der Waals surface area contributed by atoms with Gasteiger partial charge in [0, 0.05) is 10.7 Å². The second-order valence-corrected chi connectivity index (χ2v) is 6.32. The Morgan fingerprint density at radius 1 is 1.47 bits per heavy atom. The van der Waals surface area contributed by atoms with Gasteiger partial charge in [-0.25, -0.2) is 8.42 Å². The molecule has 1 aliphatic rings. The summed E-state index contributed by atoms with van der Waals surface area (Å²) < 4.78 is 27.5. The van der Waals surface area contributed by atoms with E-state index in [2.05, 4.69) is 0 Å². The highest BCUT2D eigenvalue weighted by molar-refractivity contribution is 8.13. The van der Waals surface area contributed by atoms with Gasteiger partial charge < -0.3 is 9.84 Å². The van der Waals surface area contributed by atoms with Gasteiger partial charge in [-0.2, -0.15) is 0 Å². The van der Waals surface area contributed by atoms with Crippen molar-refractivity contribution in [2.75, 3.05) is 6.61 Å². The van der Waals surface area contributed by atoms with Crippen molar-refractivity contribution in [2.45, 2.75) is 11.3 Å². The lowest BCUT2D eigenvalue weighted by Gasteiger charge is -2.22. The van der Waals surface area contributed by atoms with E-state index in [1.807, 2.05) is 0 Å². The number of benzene rings is 1. The van der Waals surface area contributed by atoms with Crippen LogP contribution in [-0.4, -0.2) is 26.1 Å². The van der Waals surface area contributed by atoms with Crippen LogP contribution in [0.1, 0.15) is 5.56 Å². The third-order valence-corrected chi connectivity index (χ3v) is 3.92. The first-order valence-electron chi connectivity index (χ1n) is 4.81. The normalized spacial score (nSPS) is 19.2. The van der Waals surface area contributed by atoms with Crippen LogP contribution in [-0.2, 0) is 20.3 Å². The van der Waals surface area contributed by atoms with Crippen LogP contribution in [0.3, 0.4) is 0 Å². The number of halogens is 1. The van der Waals surface area contributed by atoms with Crippen LogP contribution in [0.25, 0.3) is 0 Å². The zero-order valence-electron chi connectivity index (χ0n) is 8.59. The van der Waals surface area contributed by atoms with Crippen molar-refractivity contribution >= 4 is 25.7 Å². The molecule has 2 rings (SSSR count). The molecule has 0 spiro atoms. The predicted molar refractivity (Wildman–Crippen MR) is 59.8 cm³/mol. The molecule has 7 heteroatoms. The van der Waals surface area contributed by atoms with Gasteiger partial charge in [-0.1, -0.05) is 0 Å². The van der Waals surface area contributed by atoms with Crippen molar-refractivity contribution in [1.29, 1.82) is 0 Å². The Balaban J connectivity index is 2.39. The number of rotatable bonds is 2. The first-order valence-corrected chi connectivity index (χ1v) is 7.12. The van der Waals surface area contributed by atoms with Crippen LogP contribution < -0.4 is 4.74 Å². The van der Waals surface area contributed by atoms with Crippen LogP contribution >= 0.6 is 10.7 Å². The summed E-state index contributed by atoms with van der Waals surface area (Å²) in [6, 6.07) is 4.18. The fraction of sp³-hybridized carbons (Fsp3) is 0.300. The van der Waals surface area contributed by atoms with E-state index in [0.29, 0.717) is 11.3 Å². The molecule has 0 fully saturated rings. The number of carboxylic acid groups (broad SMARTS) is 1. The molecule has 5 nitrogen and oxygen atoms in total. The number of fused-ring (bicyclic) bond motifs is 1. The van der Waals surface area contributed by atoms with Gasteiger partial charge in [0.15, 0.2) is 0 Å². The lowest BCUT2D eigenvalue weighted by Crippen LogP contribution is -2.27. The van der Waals surface area contributed by atoms with Gasteiger partial charge in [0.05, 0.1) is 10.8 Å². The Kier molecular flexibility index (Phi) is 3.01. The molecular formula is C10H9ClO5S. The molecular weight excluding hydrogens is 268 g/mol. The van der Waals surface area contributed by atoms with E-state index in [9.17, 15) is 13.2 Å². The summed E-state index contributed by atoms with van der Waals surface area (Å²) in [4.78, 5) is 10.8. The minimum Gasteiger partial charge on any atom is -0.492 e. The molecule has 0 bridgehead atoms. The second kappa shape index (κ2) is 4.19. The lowest BCUT2D eigenvalue weighted by molar-refractivity contribution is -0.143. The van der Waals surface area contributed by atoms with Crippen molar-refractivity contribution in [3.8, 4) is 5.75 Å². The van der Waals surface area contributed by atoms with Gasteiger partial charge in [-0.3, -0.25) is 4.79 Å². The molecule has 0 radical (unpaired) electrons. The Bertz CT molecular complexity index is 566. The number of carboxylic acids is 1. The van der Waals surface area contributed by atoms with E-state index in [-0.39, 0.29) is 17.9 Å². The van der Waals surface area contributed by atoms with E-state index in [1.54, 1.807) is 0 Å². The summed E-state index contributed by atoms with van der Waals surface area (Å²) in [5.41, 5.74) is 0.547. The maximum absolute atomic E-state index is 11.1. The summed E-state index contributed by atoms with van der Waals surface area (Å²) in [6.07, 6.45) is 0.241. The molecule has 0 unspecified atom stereocenters. The maximum atomic E-state index is 11.1. The molecule has 1 atom stereocenters. The van der Waals surface area contributed by atoms with Crippen molar-refractivity contribution in [2.24, 2.45) is 5.92 Å². The zero-order valence-corrected chi connectivity index (χ0v) is 10.2. The SMILES string of the molecule is O=C(O)[C@H]1COc2ccc(S(=O)(=O)Cl)cc2C1. The summed E-state index contributed by atoms with van der Waals surface area (Å²) in [6.45, 7) is 0.0926. The van der Waals surface area contributed by atoms with Crippen LogP contribution in [0.4, 0.5) is 0 Å². The molecule has 1 N–H and O–H groups in total. The fourth-order valence-electron chi connectivity index (χ4n) is 1.68. The predicted octanol–water partition coefficient (Wildman–Crippen LogP) is 1.25. The van der Waals surface area contributed by atoms with E-state index in [1.165, 1.54) is 18.2 Å². The molecule has 0 aromatic heterocycles. The van der Waals surface area contributed by atoms with Gasteiger partial charge in [-0.15, -0.1) is 0 Å². The molecule has 0 amide bonds. The summed E-state index contributed by atoms with van der Waals surface area (Å²) >= 11 is 0. The molecule has 0 saturated heterocycles. The van der Waals surface area contributed by atoms with Crippen molar-refractivity contribution in [1.82, 2.24) is 0 Å². The fourth-order valence-corrected chi connectivity index (χ4v) is 2.48. The van der Waals surface area contributed by atoms with Crippen molar-refractivity contribution in [3.63, 3.8) is 0 Å². The van der Waals surface area contributed by atoms with E-state index >= 15 is 0 Å². The van der Waals surface area contributed by atoms with Crippen LogP contribution in [0.2, 0.25) is 0 Å². The molecule has 1 aliphatic heterocycles. The highest BCUT2D eigenvalue weighted by Crippen LogP contribution is 2.30. The van der Waals surface area contributed by atoms with Crippen LogP contribution in [0.15, 0.2) is 23.1 Å². The first-order chi connectivity index (χ1) is 7.88. The minimum atomic E-state index is -3.80. The van der Waals surface area contributed by atoms with Gasteiger partial charge in [0.1, 0.15) is 12.4 Å². The maximum Gasteiger partial charge on any atom is 0.310 e. The summed E-state index contributed by atoms with van der Waals surface area (Å²) in [7, 11) is 1.41. The largest absolute Gasteiger partial charge is 0.492 e. The van der Waals surface area contributed by atoms with Crippen LogP contribution in [0.5, 0.6) is 5.75 Å². The molecule has 0 aliphatic carbocycles. The van der Waals surface area contributed by atoms with Crippen LogP contribution in [0, 0.1) is 5.92 Å². The van der Waals surface area contributed by atoms with E-state index in [4.69, 9.17) is 20.5 Å². The smallest absolute Gasteiger partial charge is 0.310 e. The van der Waals surface area contributed by atoms with Gasteiger partial charge in [0.25, 0.3) is 9.05 Å². The third-order valence-electron chi connectivity index (χ3n) is 2.57. The quantitative estimate of drug-likeness (QED) is 0.822. The molecule has 0 saturated carbocycles. The molecule has 17 heavy (non-hydrogen) atoms. The standard InChI is InChI=1S/C10H9ClO5S/c11-17(14,15)8-1-2-9-6(4-8)3-7(5-16-9)10(12)13/h1-2,4,7H,3,5H2,(H,12,13)/t7-/m1/s1.